The summed E-state index contributed by atoms with van der Waals surface area (Å²) in [5.74, 6) is -1.19. The van der Waals surface area contributed by atoms with Crippen LogP contribution in [0.25, 0.3) is 0 Å². The molecule has 0 heterocycles. The number of carbonyl (C=O) groups excluding carboxylic acids is 2. The second-order valence-corrected chi connectivity index (χ2v) is 4.28. The molecule has 1 atom stereocenters. The fourth-order valence-electron chi connectivity index (χ4n) is 0.942. The molecule has 0 saturated carbocycles. The van der Waals surface area contributed by atoms with E-state index in [-0.39, 0.29) is 12.8 Å². The minimum Gasteiger partial charge on any atom is -0.480 e. The lowest BCUT2D eigenvalue weighted by molar-refractivity contribution is -0.139. The number of aldehydes is 1. The second kappa shape index (κ2) is 6.09. The standard InChI is InChI=1S/C10H17NO5/c1-10(2,3)16-9(15)11-7(8(13)14)5-4-6-12/h6-7H,4-5H2,1-3H3,(H,11,15)(H,13,14)/t7-/m0/s1. The molecule has 0 saturated heterocycles. The third-order valence-corrected chi connectivity index (χ3v) is 1.56. The Labute approximate surface area is 94.0 Å². The zero-order chi connectivity index (χ0) is 12.8. The highest BCUT2D eigenvalue weighted by molar-refractivity contribution is 5.80. The highest BCUT2D eigenvalue weighted by Gasteiger charge is 2.23. The summed E-state index contributed by atoms with van der Waals surface area (Å²) < 4.78 is 4.90. The summed E-state index contributed by atoms with van der Waals surface area (Å²) >= 11 is 0. The molecule has 0 fully saturated rings. The van der Waals surface area contributed by atoms with E-state index in [0.29, 0.717) is 6.29 Å². The quantitative estimate of drug-likeness (QED) is 0.687. The van der Waals surface area contributed by atoms with Crippen LogP contribution in [0.2, 0.25) is 0 Å². The first kappa shape index (κ1) is 14.4. The Bertz CT molecular complexity index is 269. The molecular formula is C10H17NO5. The monoisotopic (exact) mass is 231 g/mol. The van der Waals surface area contributed by atoms with Gasteiger partial charge in [0, 0.05) is 6.42 Å². The Hall–Kier alpha value is -1.59. The average molecular weight is 231 g/mol. The third-order valence-electron chi connectivity index (χ3n) is 1.56. The number of amides is 1. The van der Waals surface area contributed by atoms with Crippen molar-refractivity contribution in [2.24, 2.45) is 0 Å². The van der Waals surface area contributed by atoms with Crippen LogP contribution in [0.15, 0.2) is 0 Å². The lowest BCUT2D eigenvalue weighted by Gasteiger charge is -2.21. The van der Waals surface area contributed by atoms with Gasteiger partial charge in [-0.05, 0) is 27.2 Å². The molecule has 0 aliphatic rings. The number of carboxylic acid groups (broad SMARTS) is 1. The van der Waals surface area contributed by atoms with Crippen LogP contribution >= 0.6 is 0 Å². The van der Waals surface area contributed by atoms with E-state index in [1.165, 1.54) is 0 Å². The van der Waals surface area contributed by atoms with Gasteiger partial charge >= 0.3 is 12.1 Å². The fourth-order valence-corrected chi connectivity index (χ4v) is 0.942. The molecule has 0 bridgehead atoms. The molecule has 92 valence electrons. The van der Waals surface area contributed by atoms with Crippen molar-refractivity contribution in [1.29, 1.82) is 0 Å². The first-order chi connectivity index (χ1) is 7.26. The molecule has 0 aromatic rings. The topological polar surface area (TPSA) is 92.7 Å². The Morgan fingerprint density at radius 2 is 2.00 bits per heavy atom. The summed E-state index contributed by atoms with van der Waals surface area (Å²) in [5.41, 5.74) is -0.683. The van der Waals surface area contributed by atoms with Gasteiger partial charge in [0.2, 0.25) is 0 Å². The van der Waals surface area contributed by atoms with Gasteiger partial charge in [-0.2, -0.15) is 0 Å². The van der Waals surface area contributed by atoms with Crippen molar-refractivity contribution in [3.8, 4) is 0 Å². The van der Waals surface area contributed by atoms with Gasteiger partial charge in [0.15, 0.2) is 0 Å². The van der Waals surface area contributed by atoms with E-state index in [1.807, 2.05) is 0 Å². The maximum atomic E-state index is 11.3. The number of alkyl carbamates (subject to hydrolysis) is 1. The molecule has 0 unspecified atom stereocenters. The predicted molar refractivity (Wildman–Crippen MR) is 56.1 cm³/mol. The van der Waals surface area contributed by atoms with Crippen molar-refractivity contribution in [3.05, 3.63) is 0 Å². The summed E-state index contributed by atoms with van der Waals surface area (Å²) in [5, 5.41) is 10.9. The maximum absolute atomic E-state index is 11.3. The highest BCUT2D eigenvalue weighted by atomic mass is 16.6. The molecule has 16 heavy (non-hydrogen) atoms. The fraction of sp³-hybridized carbons (Fsp3) is 0.700. The van der Waals surface area contributed by atoms with Crippen LogP contribution in [0.3, 0.4) is 0 Å². The maximum Gasteiger partial charge on any atom is 0.408 e. The van der Waals surface area contributed by atoms with Crippen molar-refractivity contribution >= 4 is 18.3 Å². The number of aliphatic carboxylic acids is 1. The van der Waals surface area contributed by atoms with Gasteiger partial charge in [-0.25, -0.2) is 9.59 Å². The Morgan fingerprint density at radius 3 is 2.38 bits per heavy atom. The zero-order valence-electron chi connectivity index (χ0n) is 9.65. The van der Waals surface area contributed by atoms with Gasteiger partial charge in [0.1, 0.15) is 17.9 Å². The van der Waals surface area contributed by atoms with Crippen LogP contribution in [0.4, 0.5) is 4.79 Å². The predicted octanol–water partition coefficient (Wildman–Crippen LogP) is 0.943. The first-order valence-corrected chi connectivity index (χ1v) is 4.92. The van der Waals surface area contributed by atoms with Gasteiger partial charge in [0.25, 0.3) is 0 Å². The summed E-state index contributed by atoms with van der Waals surface area (Å²) in [4.78, 5) is 32.1. The number of ether oxygens (including phenoxy) is 1. The van der Waals surface area contributed by atoms with Crippen LogP contribution in [0, 0.1) is 0 Å². The molecule has 1 amide bonds. The zero-order valence-corrected chi connectivity index (χ0v) is 9.65. The molecule has 2 N–H and O–H groups in total. The first-order valence-electron chi connectivity index (χ1n) is 4.92. The Morgan fingerprint density at radius 1 is 1.44 bits per heavy atom. The molecule has 0 radical (unpaired) electrons. The second-order valence-electron chi connectivity index (χ2n) is 4.28. The van der Waals surface area contributed by atoms with Crippen LogP contribution in [-0.4, -0.2) is 35.1 Å². The van der Waals surface area contributed by atoms with E-state index in [1.54, 1.807) is 20.8 Å². The van der Waals surface area contributed by atoms with Crippen LogP contribution in [0.5, 0.6) is 0 Å². The van der Waals surface area contributed by atoms with Crippen molar-refractivity contribution in [2.45, 2.75) is 45.3 Å². The average Bonchev–Trinajstić information content (AvgIpc) is 2.08. The van der Waals surface area contributed by atoms with Gasteiger partial charge in [-0.15, -0.1) is 0 Å². The van der Waals surface area contributed by atoms with E-state index in [2.05, 4.69) is 5.32 Å². The van der Waals surface area contributed by atoms with E-state index >= 15 is 0 Å². The third kappa shape index (κ3) is 6.80. The summed E-state index contributed by atoms with van der Waals surface area (Å²) in [6, 6.07) is -1.10. The number of hydrogen-bond donors (Lipinski definition) is 2. The molecule has 0 aliphatic heterocycles. The normalized spacial score (nSPS) is 12.7. The summed E-state index contributed by atoms with van der Waals surface area (Å²) in [6.45, 7) is 5.02. The van der Waals surface area contributed by atoms with E-state index in [9.17, 15) is 14.4 Å². The van der Waals surface area contributed by atoms with Gasteiger partial charge in [-0.1, -0.05) is 0 Å². The van der Waals surface area contributed by atoms with Crippen LogP contribution in [0.1, 0.15) is 33.6 Å². The molecule has 0 aromatic carbocycles. The lowest BCUT2D eigenvalue weighted by Crippen LogP contribution is -2.43. The molecular weight excluding hydrogens is 214 g/mol. The minimum absolute atomic E-state index is 0.0536. The molecule has 0 aromatic heterocycles. The van der Waals surface area contributed by atoms with E-state index in [4.69, 9.17) is 9.84 Å². The van der Waals surface area contributed by atoms with Gasteiger partial charge in [0.05, 0.1) is 0 Å². The largest absolute Gasteiger partial charge is 0.480 e. The van der Waals surface area contributed by atoms with Crippen molar-refractivity contribution in [2.75, 3.05) is 0 Å². The highest BCUT2D eigenvalue weighted by Crippen LogP contribution is 2.07. The Balaban J connectivity index is 4.23. The van der Waals surface area contributed by atoms with E-state index in [0.717, 1.165) is 0 Å². The van der Waals surface area contributed by atoms with Crippen LogP contribution in [-0.2, 0) is 14.3 Å². The Kier molecular flexibility index (Phi) is 5.49. The van der Waals surface area contributed by atoms with Gasteiger partial charge in [-0.3, -0.25) is 0 Å². The van der Waals surface area contributed by atoms with Crippen LogP contribution < -0.4 is 5.32 Å². The summed E-state index contributed by atoms with van der Waals surface area (Å²) in [7, 11) is 0. The number of hydrogen-bond acceptors (Lipinski definition) is 4. The molecule has 6 heteroatoms. The minimum atomic E-state index is -1.19. The summed E-state index contributed by atoms with van der Waals surface area (Å²) in [6.07, 6.45) is -0.0665. The number of carbonyl (C=O) groups is 3. The molecule has 0 rings (SSSR count). The molecule has 6 nitrogen and oxygen atoms in total. The number of carboxylic acids is 1. The molecule has 0 aliphatic carbocycles. The van der Waals surface area contributed by atoms with Gasteiger partial charge < -0.3 is 20.0 Å². The number of nitrogens with one attached hydrogen (secondary N) is 1. The SMILES string of the molecule is CC(C)(C)OC(=O)N[C@@H](CCC=O)C(=O)O. The molecule has 0 spiro atoms. The van der Waals surface area contributed by atoms with Crippen molar-refractivity contribution < 1.29 is 24.2 Å². The smallest absolute Gasteiger partial charge is 0.408 e. The van der Waals surface area contributed by atoms with E-state index < -0.39 is 23.7 Å². The lowest BCUT2D eigenvalue weighted by atomic mass is 10.1. The van der Waals surface area contributed by atoms with Crippen molar-refractivity contribution in [1.82, 2.24) is 5.32 Å². The number of rotatable bonds is 5. The van der Waals surface area contributed by atoms with Crippen molar-refractivity contribution in [3.63, 3.8) is 0 Å².